The molecule has 0 N–H and O–H groups in total. The SMILES string of the molecule is COc1ccc2cc(C#Cc3ccccc3-c3coc4ccc5ccccc5c34)ccc2c1. The lowest BCUT2D eigenvalue weighted by Crippen LogP contribution is -1.85. The second-order valence-corrected chi connectivity index (χ2v) is 8.03. The second-order valence-electron chi connectivity index (χ2n) is 8.03. The first-order valence-corrected chi connectivity index (χ1v) is 10.9. The van der Waals surface area contributed by atoms with E-state index in [0.717, 1.165) is 49.7 Å². The highest BCUT2D eigenvalue weighted by Crippen LogP contribution is 2.37. The molecule has 1 heterocycles. The molecule has 0 atom stereocenters. The van der Waals surface area contributed by atoms with Crippen molar-refractivity contribution in [1.82, 2.24) is 0 Å². The van der Waals surface area contributed by atoms with Gasteiger partial charge in [-0.15, -0.1) is 0 Å². The Hall–Kier alpha value is -4.48. The van der Waals surface area contributed by atoms with Crippen LogP contribution in [-0.4, -0.2) is 7.11 Å². The summed E-state index contributed by atoms with van der Waals surface area (Å²) in [5, 5.41) is 5.79. The van der Waals surface area contributed by atoms with Crippen molar-refractivity contribution in [2.24, 2.45) is 0 Å². The average Bonchev–Trinajstić information content (AvgIpc) is 3.32. The Morgan fingerprint density at radius 1 is 0.667 bits per heavy atom. The normalized spacial score (nSPS) is 10.9. The van der Waals surface area contributed by atoms with E-state index in [4.69, 9.17) is 9.15 Å². The van der Waals surface area contributed by atoms with Gasteiger partial charge in [-0.25, -0.2) is 0 Å². The highest BCUT2D eigenvalue weighted by Gasteiger charge is 2.13. The first-order chi connectivity index (χ1) is 16.3. The van der Waals surface area contributed by atoms with Crippen LogP contribution >= 0.6 is 0 Å². The van der Waals surface area contributed by atoms with Crippen LogP contribution in [0.1, 0.15) is 11.1 Å². The van der Waals surface area contributed by atoms with Crippen molar-refractivity contribution in [3.63, 3.8) is 0 Å². The fraction of sp³-hybridized carbons (Fsp3) is 0.0323. The molecule has 5 aromatic carbocycles. The summed E-state index contributed by atoms with van der Waals surface area (Å²) in [5.74, 6) is 7.62. The Balaban J connectivity index is 1.46. The Morgan fingerprint density at radius 3 is 2.39 bits per heavy atom. The molecule has 6 rings (SSSR count). The summed E-state index contributed by atoms with van der Waals surface area (Å²) >= 11 is 0. The Bertz CT molecular complexity index is 1710. The number of fused-ring (bicyclic) bond motifs is 4. The van der Waals surface area contributed by atoms with Crippen molar-refractivity contribution < 1.29 is 9.15 Å². The number of benzene rings is 5. The van der Waals surface area contributed by atoms with Gasteiger partial charge in [0.05, 0.1) is 13.4 Å². The van der Waals surface area contributed by atoms with Gasteiger partial charge in [0.25, 0.3) is 0 Å². The van der Waals surface area contributed by atoms with Crippen molar-refractivity contribution in [3.05, 3.63) is 114 Å². The molecule has 2 nitrogen and oxygen atoms in total. The Labute approximate surface area is 192 Å². The van der Waals surface area contributed by atoms with E-state index in [1.807, 2.05) is 36.6 Å². The molecule has 33 heavy (non-hydrogen) atoms. The van der Waals surface area contributed by atoms with E-state index < -0.39 is 0 Å². The predicted molar refractivity (Wildman–Crippen MR) is 136 cm³/mol. The van der Waals surface area contributed by atoms with Crippen LogP contribution in [0.3, 0.4) is 0 Å². The minimum Gasteiger partial charge on any atom is -0.497 e. The zero-order chi connectivity index (χ0) is 22.2. The molecule has 156 valence electrons. The van der Waals surface area contributed by atoms with Crippen molar-refractivity contribution in [2.45, 2.75) is 0 Å². The van der Waals surface area contributed by atoms with E-state index in [1.54, 1.807) is 7.11 Å². The molecule has 0 saturated carbocycles. The lowest BCUT2D eigenvalue weighted by atomic mass is 9.96. The minimum absolute atomic E-state index is 0.857. The molecule has 1 aromatic heterocycles. The zero-order valence-electron chi connectivity index (χ0n) is 18.1. The third-order valence-corrected chi connectivity index (χ3v) is 6.07. The van der Waals surface area contributed by atoms with Gasteiger partial charge in [0.1, 0.15) is 11.3 Å². The van der Waals surface area contributed by atoms with Gasteiger partial charge >= 0.3 is 0 Å². The summed E-state index contributed by atoms with van der Waals surface area (Å²) in [4.78, 5) is 0. The third-order valence-electron chi connectivity index (χ3n) is 6.07. The maximum atomic E-state index is 5.94. The van der Waals surface area contributed by atoms with Crippen molar-refractivity contribution in [2.75, 3.05) is 7.11 Å². The van der Waals surface area contributed by atoms with Gasteiger partial charge in [0.2, 0.25) is 0 Å². The molecule has 0 aliphatic carbocycles. The van der Waals surface area contributed by atoms with Crippen LogP contribution in [0.2, 0.25) is 0 Å². The second kappa shape index (κ2) is 7.89. The van der Waals surface area contributed by atoms with Crippen LogP contribution in [0.25, 0.3) is 43.6 Å². The molecule has 0 bridgehead atoms. The summed E-state index contributed by atoms with van der Waals surface area (Å²) in [5.41, 5.74) is 4.98. The monoisotopic (exact) mass is 424 g/mol. The molecular formula is C31H20O2. The lowest BCUT2D eigenvalue weighted by Gasteiger charge is -2.05. The van der Waals surface area contributed by atoms with E-state index >= 15 is 0 Å². The molecule has 0 fully saturated rings. The first-order valence-electron chi connectivity index (χ1n) is 10.9. The molecule has 0 unspecified atom stereocenters. The molecule has 0 amide bonds. The summed E-state index contributed by atoms with van der Waals surface area (Å²) < 4.78 is 11.3. The standard InChI is InChI=1S/C31H20O2/c1-32-26-16-14-24-18-21(11-13-25(24)19-26)10-12-22-6-2-4-8-27(22)29-20-33-30-17-15-23-7-3-5-9-28(23)31(29)30/h2-9,11,13-20H,1H3. The van der Waals surface area contributed by atoms with Gasteiger partial charge in [0, 0.05) is 27.6 Å². The van der Waals surface area contributed by atoms with E-state index in [0.29, 0.717) is 0 Å². The van der Waals surface area contributed by atoms with Gasteiger partial charge in [-0.2, -0.15) is 0 Å². The topological polar surface area (TPSA) is 22.4 Å². The van der Waals surface area contributed by atoms with Crippen LogP contribution < -0.4 is 4.74 Å². The maximum absolute atomic E-state index is 5.94. The highest BCUT2D eigenvalue weighted by molar-refractivity contribution is 6.13. The lowest BCUT2D eigenvalue weighted by molar-refractivity contribution is 0.415. The van der Waals surface area contributed by atoms with Gasteiger partial charge in [0.15, 0.2) is 0 Å². The van der Waals surface area contributed by atoms with E-state index in [9.17, 15) is 0 Å². The smallest absolute Gasteiger partial charge is 0.135 e. The summed E-state index contributed by atoms with van der Waals surface area (Å²) in [6, 6.07) is 33.2. The quantitative estimate of drug-likeness (QED) is 0.264. The summed E-state index contributed by atoms with van der Waals surface area (Å²) in [6.45, 7) is 0. The fourth-order valence-electron chi connectivity index (χ4n) is 4.40. The van der Waals surface area contributed by atoms with Crippen molar-refractivity contribution in [1.29, 1.82) is 0 Å². The highest BCUT2D eigenvalue weighted by atomic mass is 16.5. The number of hydrogen-bond donors (Lipinski definition) is 0. The third kappa shape index (κ3) is 3.41. The summed E-state index contributed by atoms with van der Waals surface area (Å²) in [7, 11) is 1.69. The zero-order valence-corrected chi connectivity index (χ0v) is 18.1. The molecule has 0 radical (unpaired) electrons. The van der Waals surface area contributed by atoms with Crippen LogP contribution in [0.4, 0.5) is 0 Å². The molecular weight excluding hydrogens is 404 g/mol. The minimum atomic E-state index is 0.857. The van der Waals surface area contributed by atoms with E-state index in [2.05, 4.69) is 78.6 Å². The largest absolute Gasteiger partial charge is 0.497 e. The fourth-order valence-corrected chi connectivity index (χ4v) is 4.40. The molecule has 6 aromatic rings. The van der Waals surface area contributed by atoms with Crippen molar-refractivity contribution >= 4 is 32.5 Å². The predicted octanol–water partition coefficient (Wildman–Crippen LogP) is 7.81. The number of furan rings is 1. The average molecular weight is 424 g/mol. The number of rotatable bonds is 2. The summed E-state index contributed by atoms with van der Waals surface area (Å²) in [6.07, 6.45) is 1.85. The van der Waals surface area contributed by atoms with Crippen LogP contribution in [0, 0.1) is 11.8 Å². The van der Waals surface area contributed by atoms with Crippen molar-refractivity contribution in [3.8, 4) is 28.7 Å². The van der Waals surface area contributed by atoms with Crippen LogP contribution in [-0.2, 0) is 0 Å². The number of methoxy groups -OCH3 is 1. The van der Waals surface area contributed by atoms with E-state index in [-0.39, 0.29) is 0 Å². The maximum Gasteiger partial charge on any atom is 0.135 e. The van der Waals surface area contributed by atoms with Crippen LogP contribution in [0.15, 0.2) is 108 Å². The number of hydrogen-bond acceptors (Lipinski definition) is 2. The van der Waals surface area contributed by atoms with Gasteiger partial charge in [-0.1, -0.05) is 72.5 Å². The van der Waals surface area contributed by atoms with Gasteiger partial charge in [-0.3, -0.25) is 0 Å². The Kier molecular flexibility index (Phi) is 4.60. The number of ether oxygens (including phenoxy) is 1. The molecule has 0 aliphatic heterocycles. The van der Waals surface area contributed by atoms with Gasteiger partial charge in [-0.05, 0) is 57.9 Å². The molecule has 0 spiro atoms. The molecule has 0 saturated heterocycles. The molecule has 2 heteroatoms. The first kappa shape index (κ1) is 19.2. The molecule has 0 aliphatic rings. The van der Waals surface area contributed by atoms with Gasteiger partial charge < -0.3 is 9.15 Å². The van der Waals surface area contributed by atoms with Crippen LogP contribution in [0.5, 0.6) is 5.75 Å². The Morgan fingerprint density at radius 2 is 1.45 bits per heavy atom. The van der Waals surface area contributed by atoms with E-state index in [1.165, 1.54) is 10.8 Å².